The normalized spacial score (nSPS) is 10.1. The van der Waals surface area contributed by atoms with Crippen molar-refractivity contribution in [1.29, 1.82) is 0 Å². The number of nitrogen functional groups attached to an aromatic ring is 1. The summed E-state index contributed by atoms with van der Waals surface area (Å²) in [5, 5.41) is 10.9. The Morgan fingerprint density at radius 3 is 2.78 bits per heavy atom. The van der Waals surface area contributed by atoms with Gasteiger partial charge in [0.25, 0.3) is 0 Å². The van der Waals surface area contributed by atoms with Gasteiger partial charge in [-0.05, 0) is 12.1 Å². The summed E-state index contributed by atoms with van der Waals surface area (Å²) in [5.41, 5.74) is 5.90. The molecule has 0 unspecified atom stereocenters. The van der Waals surface area contributed by atoms with Gasteiger partial charge in [-0.1, -0.05) is 12.1 Å². The molecule has 0 saturated carbocycles. The largest absolute Gasteiger partial charge is 0.496 e. The second-order valence-electron chi connectivity index (χ2n) is 3.42. The summed E-state index contributed by atoms with van der Waals surface area (Å²) in [7, 11) is 1.48. The fourth-order valence-electron chi connectivity index (χ4n) is 1.56. The summed E-state index contributed by atoms with van der Waals surface area (Å²) in [6.45, 7) is 0. The molecule has 0 radical (unpaired) electrons. The van der Waals surface area contributed by atoms with Crippen LogP contribution in [-0.2, 0) is 0 Å². The molecule has 7 heteroatoms. The van der Waals surface area contributed by atoms with Gasteiger partial charge in [0.15, 0.2) is 5.69 Å². The van der Waals surface area contributed by atoms with Crippen molar-refractivity contribution in [3.05, 3.63) is 40.6 Å². The van der Waals surface area contributed by atoms with Gasteiger partial charge in [0.1, 0.15) is 11.9 Å². The van der Waals surface area contributed by atoms with E-state index in [-0.39, 0.29) is 17.3 Å². The van der Waals surface area contributed by atoms with Gasteiger partial charge in [0, 0.05) is 5.56 Å². The highest BCUT2D eigenvalue weighted by Gasteiger charge is 2.20. The highest BCUT2D eigenvalue weighted by molar-refractivity contribution is 5.75. The van der Waals surface area contributed by atoms with Crippen LogP contribution in [-0.4, -0.2) is 22.0 Å². The molecule has 0 amide bonds. The average molecular weight is 246 g/mol. The number of hydrogen-bond donors (Lipinski definition) is 1. The number of anilines is 1. The molecule has 1 heterocycles. The molecule has 0 aliphatic carbocycles. The van der Waals surface area contributed by atoms with Crippen molar-refractivity contribution in [2.45, 2.75) is 0 Å². The minimum absolute atomic E-state index is 0.0264. The topological polar surface area (TPSA) is 104 Å². The minimum atomic E-state index is -0.554. The van der Waals surface area contributed by atoms with Gasteiger partial charge in [-0.15, -0.1) is 0 Å². The Morgan fingerprint density at radius 1 is 1.39 bits per heavy atom. The smallest absolute Gasteiger partial charge is 0.313 e. The quantitative estimate of drug-likeness (QED) is 0.652. The van der Waals surface area contributed by atoms with Crippen LogP contribution in [0.4, 0.5) is 11.6 Å². The first-order valence-corrected chi connectivity index (χ1v) is 5.03. The van der Waals surface area contributed by atoms with Crippen LogP contribution in [0.3, 0.4) is 0 Å². The van der Waals surface area contributed by atoms with E-state index in [1.54, 1.807) is 24.3 Å². The molecule has 2 rings (SSSR count). The van der Waals surface area contributed by atoms with Crippen LogP contribution in [0.15, 0.2) is 30.5 Å². The fraction of sp³-hybridized carbons (Fsp3) is 0.0909. The van der Waals surface area contributed by atoms with E-state index in [1.807, 2.05) is 0 Å². The third-order valence-corrected chi connectivity index (χ3v) is 2.35. The lowest BCUT2D eigenvalue weighted by molar-refractivity contribution is -0.384. The zero-order chi connectivity index (χ0) is 13.1. The number of benzene rings is 1. The number of hydrogen-bond acceptors (Lipinski definition) is 6. The zero-order valence-electron chi connectivity index (χ0n) is 9.53. The molecule has 0 aliphatic heterocycles. The monoisotopic (exact) mass is 246 g/mol. The molecule has 1 aromatic heterocycles. The highest BCUT2D eigenvalue weighted by atomic mass is 16.6. The number of nitrogens with two attached hydrogens (primary N) is 1. The molecule has 0 saturated heterocycles. The van der Waals surface area contributed by atoms with E-state index in [2.05, 4.69) is 9.97 Å². The summed E-state index contributed by atoms with van der Waals surface area (Å²) in [6.07, 6.45) is 1.09. The van der Waals surface area contributed by atoms with E-state index in [4.69, 9.17) is 10.5 Å². The van der Waals surface area contributed by atoms with Crippen LogP contribution >= 0.6 is 0 Å². The summed E-state index contributed by atoms with van der Waals surface area (Å²) < 4.78 is 5.15. The van der Waals surface area contributed by atoms with E-state index in [9.17, 15) is 10.1 Å². The number of nitro groups is 1. The van der Waals surface area contributed by atoms with Gasteiger partial charge in [0.2, 0.25) is 5.95 Å². The van der Waals surface area contributed by atoms with Crippen LogP contribution in [0, 0.1) is 10.1 Å². The predicted molar refractivity (Wildman–Crippen MR) is 65.1 cm³/mol. The lowest BCUT2D eigenvalue weighted by atomic mass is 10.1. The molecule has 18 heavy (non-hydrogen) atoms. The summed E-state index contributed by atoms with van der Waals surface area (Å²) >= 11 is 0. The maximum Gasteiger partial charge on any atom is 0.313 e. The van der Waals surface area contributed by atoms with Gasteiger partial charge < -0.3 is 10.5 Å². The van der Waals surface area contributed by atoms with Crippen molar-refractivity contribution < 1.29 is 9.66 Å². The molecular weight excluding hydrogens is 236 g/mol. The molecule has 0 bridgehead atoms. The predicted octanol–water partition coefficient (Wildman–Crippen LogP) is 1.64. The van der Waals surface area contributed by atoms with Crippen LogP contribution in [0.2, 0.25) is 0 Å². The summed E-state index contributed by atoms with van der Waals surface area (Å²) in [6, 6.07) is 6.86. The van der Waals surface area contributed by atoms with Gasteiger partial charge >= 0.3 is 5.69 Å². The molecule has 7 nitrogen and oxygen atoms in total. The van der Waals surface area contributed by atoms with Crippen LogP contribution in [0.5, 0.6) is 5.75 Å². The number of nitrogens with zero attached hydrogens (tertiary/aromatic N) is 3. The fourth-order valence-corrected chi connectivity index (χ4v) is 1.56. The van der Waals surface area contributed by atoms with Crippen LogP contribution in [0.1, 0.15) is 0 Å². The average Bonchev–Trinajstić information content (AvgIpc) is 2.38. The van der Waals surface area contributed by atoms with Crippen molar-refractivity contribution >= 4 is 11.6 Å². The Kier molecular flexibility index (Phi) is 3.05. The standard InChI is InChI=1S/C11H10N4O3/c1-18-9-5-3-2-4-7(9)10-8(15(16)17)6-13-11(12)14-10/h2-6H,1H3,(H2,12,13,14). The van der Waals surface area contributed by atoms with E-state index in [0.717, 1.165) is 6.20 Å². The Balaban J connectivity index is 2.69. The van der Waals surface area contributed by atoms with Gasteiger partial charge in [-0.3, -0.25) is 10.1 Å². The first-order chi connectivity index (χ1) is 8.63. The van der Waals surface area contributed by atoms with Crippen molar-refractivity contribution in [3.63, 3.8) is 0 Å². The summed E-state index contributed by atoms with van der Waals surface area (Å²) in [5.74, 6) is 0.459. The number of para-hydroxylation sites is 1. The Bertz CT molecular complexity index is 601. The highest BCUT2D eigenvalue weighted by Crippen LogP contribution is 2.34. The van der Waals surface area contributed by atoms with Crippen molar-refractivity contribution in [3.8, 4) is 17.0 Å². The summed E-state index contributed by atoms with van der Waals surface area (Å²) in [4.78, 5) is 17.9. The molecule has 2 N–H and O–H groups in total. The van der Waals surface area contributed by atoms with E-state index in [1.165, 1.54) is 7.11 Å². The number of aromatic nitrogens is 2. The SMILES string of the molecule is COc1ccccc1-c1nc(N)ncc1[N+](=O)[O-]. The first-order valence-electron chi connectivity index (χ1n) is 5.03. The molecule has 2 aromatic rings. The molecule has 0 fully saturated rings. The minimum Gasteiger partial charge on any atom is -0.496 e. The third-order valence-electron chi connectivity index (χ3n) is 2.35. The molecule has 92 valence electrons. The number of rotatable bonds is 3. The van der Waals surface area contributed by atoms with Crippen LogP contribution in [0.25, 0.3) is 11.3 Å². The van der Waals surface area contributed by atoms with Crippen molar-refractivity contribution in [2.24, 2.45) is 0 Å². The Hall–Kier alpha value is -2.70. The molecule has 0 aliphatic rings. The van der Waals surface area contributed by atoms with E-state index < -0.39 is 4.92 Å². The van der Waals surface area contributed by atoms with Gasteiger partial charge in [-0.2, -0.15) is 0 Å². The lowest BCUT2D eigenvalue weighted by Crippen LogP contribution is -2.01. The van der Waals surface area contributed by atoms with Gasteiger partial charge in [0.05, 0.1) is 12.0 Å². The zero-order valence-corrected chi connectivity index (χ0v) is 9.53. The molecular formula is C11H10N4O3. The second kappa shape index (κ2) is 4.66. The maximum absolute atomic E-state index is 10.9. The van der Waals surface area contributed by atoms with Gasteiger partial charge in [-0.25, -0.2) is 9.97 Å². The van der Waals surface area contributed by atoms with E-state index >= 15 is 0 Å². The second-order valence-corrected chi connectivity index (χ2v) is 3.42. The maximum atomic E-state index is 10.9. The molecule has 1 aromatic carbocycles. The molecule has 0 spiro atoms. The van der Waals surface area contributed by atoms with Crippen LogP contribution < -0.4 is 10.5 Å². The molecule has 0 atom stereocenters. The third kappa shape index (κ3) is 2.05. The van der Waals surface area contributed by atoms with E-state index in [0.29, 0.717) is 11.3 Å². The number of ether oxygens (including phenoxy) is 1. The van der Waals surface area contributed by atoms with Crippen molar-refractivity contribution in [1.82, 2.24) is 9.97 Å². The number of methoxy groups -OCH3 is 1. The Labute approximate surface area is 102 Å². The first kappa shape index (κ1) is 11.8. The lowest BCUT2D eigenvalue weighted by Gasteiger charge is -2.07. The Morgan fingerprint density at radius 2 is 2.11 bits per heavy atom. The van der Waals surface area contributed by atoms with Crippen molar-refractivity contribution in [2.75, 3.05) is 12.8 Å².